The van der Waals surface area contributed by atoms with Crippen molar-refractivity contribution in [1.29, 1.82) is 0 Å². The molecule has 2 amide bonds. The Bertz CT molecular complexity index is 664. The molecule has 144 valence electrons. The second-order valence-electron chi connectivity index (χ2n) is 7.23. The summed E-state index contributed by atoms with van der Waals surface area (Å²) in [6, 6.07) is 5.40. The molecule has 2 aliphatic heterocycles. The van der Waals surface area contributed by atoms with Crippen molar-refractivity contribution in [1.82, 2.24) is 10.2 Å². The van der Waals surface area contributed by atoms with Gasteiger partial charge in [-0.3, -0.25) is 9.59 Å². The van der Waals surface area contributed by atoms with Crippen molar-refractivity contribution in [2.24, 2.45) is 11.8 Å². The maximum Gasteiger partial charge on any atom is 0.255 e. The zero-order valence-corrected chi connectivity index (χ0v) is 16.8. The van der Waals surface area contributed by atoms with Gasteiger partial charge in [-0.2, -0.15) is 0 Å². The standard InChI is InChI=1S/C19H26ClN3O2.ClH/c1-12-5-3-4-8-23(12)19(25)16-7-6-15(9-17(16)20)22-18(24)13(2)14-10-21-11-14;/h6-7,9,12-14,21H,3-5,8,10-11H2,1-2H3,(H,22,24);1H. The Morgan fingerprint density at radius 1 is 1.31 bits per heavy atom. The van der Waals surface area contributed by atoms with Crippen molar-refractivity contribution < 1.29 is 9.59 Å². The fourth-order valence-corrected chi connectivity index (χ4v) is 3.72. The minimum absolute atomic E-state index is 0. The largest absolute Gasteiger partial charge is 0.336 e. The Labute approximate surface area is 166 Å². The summed E-state index contributed by atoms with van der Waals surface area (Å²) in [7, 11) is 0. The first-order valence-electron chi connectivity index (χ1n) is 9.09. The molecule has 0 radical (unpaired) electrons. The van der Waals surface area contributed by atoms with E-state index in [9.17, 15) is 9.59 Å². The molecular weight excluding hydrogens is 373 g/mol. The molecule has 2 N–H and O–H groups in total. The van der Waals surface area contributed by atoms with Gasteiger partial charge in [-0.15, -0.1) is 12.4 Å². The van der Waals surface area contributed by atoms with Gasteiger partial charge in [0.1, 0.15) is 0 Å². The van der Waals surface area contributed by atoms with Gasteiger partial charge in [-0.1, -0.05) is 18.5 Å². The summed E-state index contributed by atoms with van der Waals surface area (Å²) in [5.74, 6) is 0.308. The van der Waals surface area contributed by atoms with Gasteiger partial charge < -0.3 is 15.5 Å². The summed E-state index contributed by atoms with van der Waals surface area (Å²) in [5.41, 5.74) is 1.14. The molecule has 2 atom stereocenters. The number of likely N-dealkylation sites (tertiary alicyclic amines) is 1. The van der Waals surface area contributed by atoms with Gasteiger partial charge in [0.25, 0.3) is 5.91 Å². The Morgan fingerprint density at radius 3 is 2.62 bits per heavy atom. The molecule has 2 saturated heterocycles. The van der Waals surface area contributed by atoms with E-state index >= 15 is 0 Å². The van der Waals surface area contributed by atoms with Gasteiger partial charge >= 0.3 is 0 Å². The molecule has 5 nitrogen and oxygen atoms in total. The lowest BCUT2D eigenvalue weighted by Crippen LogP contribution is -2.48. The maximum atomic E-state index is 12.8. The van der Waals surface area contributed by atoms with E-state index in [1.165, 1.54) is 6.42 Å². The van der Waals surface area contributed by atoms with Gasteiger partial charge in [0.05, 0.1) is 10.6 Å². The summed E-state index contributed by atoms with van der Waals surface area (Å²) >= 11 is 6.35. The molecule has 0 spiro atoms. The first-order valence-corrected chi connectivity index (χ1v) is 9.47. The number of nitrogens with one attached hydrogen (secondary N) is 2. The number of hydrogen-bond donors (Lipinski definition) is 2. The van der Waals surface area contributed by atoms with Crippen molar-refractivity contribution in [3.8, 4) is 0 Å². The zero-order chi connectivity index (χ0) is 18.0. The molecule has 0 saturated carbocycles. The van der Waals surface area contributed by atoms with Crippen LogP contribution in [0.15, 0.2) is 18.2 Å². The Kier molecular flexibility index (Phi) is 7.33. The molecule has 3 rings (SSSR count). The van der Waals surface area contributed by atoms with Gasteiger partial charge in [-0.05, 0) is 63.4 Å². The molecule has 1 aromatic carbocycles. The van der Waals surface area contributed by atoms with E-state index in [0.29, 0.717) is 22.2 Å². The SMILES string of the molecule is CC(C(=O)Nc1ccc(C(=O)N2CCCCC2C)c(Cl)c1)C1CNC1.Cl. The molecule has 7 heteroatoms. The van der Waals surface area contributed by atoms with E-state index in [0.717, 1.165) is 32.5 Å². The molecule has 1 aromatic rings. The molecule has 26 heavy (non-hydrogen) atoms. The minimum Gasteiger partial charge on any atom is -0.336 e. The second kappa shape index (κ2) is 9.07. The monoisotopic (exact) mass is 399 g/mol. The van der Waals surface area contributed by atoms with E-state index in [1.807, 2.05) is 11.8 Å². The fourth-order valence-electron chi connectivity index (χ4n) is 3.46. The summed E-state index contributed by atoms with van der Waals surface area (Å²) in [6.07, 6.45) is 3.24. The third-order valence-electron chi connectivity index (χ3n) is 5.46. The number of piperidine rings is 1. The maximum absolute atomic E-state index is 12.8. The average Bonchev–Trinajstić information content (AvgIpc) is 2.53. The molecule has 2 aliphatic rings. The predicted molar refractivity (Wildman–Crippen MR) is 107 cm³/mol. The van der Waals surface area contributed by atoms with Gasteiger partial charge in [-0.25, -0.2) is 0 Å². The highest BCUT2D eigenvalue weighted by Gasteiger charge is 2.29. The summed E-state index contributed by atoms with van der Waals surface area (Å²) in [5, 5.41) is 6.48. The number of carbonyl (C=O) groups is 2. The number of rotatable bonds is 4. The topological polar surface area (TPSA) is 61.4 Å². The summed E-state index contributed by atoms with van der Waals surface area (Å²) in [4.78, 5) is 27.0. The normalized spacial score (nSPS) is 21.3. The van der Waals surface area contributed by atoms with Crippen LogP contribution in [0.25, 0.3) is 0 Å². The van der Waals surface area contributed by atoms with Crippen LogP contribution in [0.2, 0.25) is 5.02 Å². The van der Waals surface area contributed by atoms with Gasteiger partial charge in [0.15, 0.2) is 0 Å². The van der Waals surface area contributed by atoms with Crippen molar-refractivity contribution in [3.63, 3.8) is 0 Å². The van der Waals surface area contributed by atoms with Crippen LogP contribution in [0, 0.1) is 11.8 Å². The molecule has 2 fully saturated rings. The smallest absolute Gasteiger partial charge is 0.255 e. The molecular formula is C19H27Cl2N3O2. The average molecular weight is 400 g/mol. The van der Waals surface area contributed by atoms with Gasteiger partial charge in [0, 0.05) is 24.2 Å². The highest BCUT2D eigenvalue weighted by molar-refractivity contribution is 6.34. The second-order valence-corrected chi connectivity index (χ2v) is 7.64. The van der Waals surface area contributed by atoms with E-state index in [4.69, 9.17) is 11.6 Å². The van der Waals surface area contributed by atoms with Crippen molar-refractivity contribution in [2.45, 2.75) is 39.2 Å². The lowest BCUT2D eigenvalue weighted by molar-refractivity contribution is -0.121. The zero-order valence-electron chi connectivity index (χ0n) is 15.3. The number of nitrogens with zero attached hydrogens (tertiary/aromatic N) is 1. The number of carbonyl (C=O) groups excluding carboxylic acids is 2. The molecule has 0 bridgehead atoms. The lowest BCUT2D eigenvalue weighted by Gasteiger charge is -2.33. The van der Waals surface area contributed by atoms with Crippen LogP contribution >= 0.6 is 24.0 Å². The number of halogens is 2. The van der Waals surface area contributed by atoms with Crippen LogP contribution in [-0.2, 0) is 4.79 Å². The highest BCUT2D eigenvalue weighted by atomic mass is 35.5. The van der Waals surface area contributed by atoms with Crippen LogP contribution in [0.3, 0.4) is 0 Å². The Balaban J connectivity index is 0.00000243. The van der Waals surface area contributed by atoms with E-state index in [-0.39, 0.29) is 36.2 Å². The highest BCUT2D eigenvalue weighted by Crippen LogP contribution is 2.26. The van der Waals surface area contributed by atoms with Gasteiger partial charge in [0.2, 0.25) is 5.91 Å². The molecule has 2 heterocycles. The van der Waals surface area contributed by atoms with Crippen LogP contribution < -0.4 is 10.6 Å². The third-order valence-corrected chi connectivity index (χ3v) is 5.78. The van der Waals surface area contributed by atoms with Crippen molar-refractivity contribution in [2.75, 3.05) is 25.0 Å². The van der Waals surface area contributed by atoms with Crippen molar-refractivity contribution >= 4 is 41.5 Å². The molecule has 0 aromatic heterocycles. The molecule has 2 unspecified atom stereocenters. The van der Waals surface area contributed by atoms with Crippen LogP contribution in [-0.4, -0.2) is 42.4 Å². The predicted octanol–water partition coefficient (Wildman–Crippen LogP) is 3.57. The van der Waals surface area contributed by atoms with Crippen LogP contribution in [0.5, 0.6) is 0 Å². The van der Waals surface area contributed by atoms with E-state index < -0.39 is 0 Å². The van der Waals surface area contributed by atoms with E-state index in [2.05, 4.69) is 17.6 Å². The fraction of sp³-hybridized carbons (Fsp3) is 0.579. The minimum atomic E-state index is -0.0458. The first kappa shape index (κ1) is 21.0. The first-order chi connectivity index (χ1) is 12.0. The lowest BCUT2D eigenvalue weighted by atomic mass is 9.88. The number of hydrogen-bond acceptors (Lipinski definition) is 3. The summed E-state index contributed by atoms with van der Waals surface area (Å²) in [6.45, 7) is 6.57. The Hall–Kier alpha value is -1.30. The van der Waals surface area contributed by atoms with Crippen LogP contribution in [0.1, 0.15) is 43.5 Å². The summed E-state index contributed by atoms with van der Waals surface area (Å²) < 4.78 is 0. The van der Waals surface area contributed by atoms with E-state index in [1.54, 1.807) is 18.2 Å². The Morgan fingerprint density at radius 2 is 2.04 bits per heavy atom. The quantitative estimate of drug-likeness (QED) is 0.813. The third kappa shape index (κ3) is 4.51. The van der Waals surface area contributed by atoms with Crippen molar-refractivity contribution in [3.05, 3.63) is 28.8 Å². The molecule has 0 aliphatic carbocycles. The number of amides is 2. The van der Waals surface area contributed by atoms with Crippen LogP contribution in [0.4, 0.5) is 5.69 Å². The number of benzene rings is 1. The number of anilines is 1.